The van der Waals surface area contributed by atoms with Crippen molar-refractivity contribution in [1.29, 1.82) is 0 Å². The Bertz CT molecular complexity index is 529. The van der Waals surface area contributed by atoms with Crippen LogP contribution in [0.25, 0.3) is 0 Å². The Hall–Kier alpha value is -0.820. The van der Waals surface area contributed by atoms with Gasteiger partial charge in [0.2, 0.25) is 0 Å². The third-order valence-electron chi connectivity index (χ3n) is 7.31. The van der Waals surface area contributed by atoms with Crippen LogP contribution in [-0.4, -0.2) is 5.11 Å². The fourth-order valence-electron chi connectivity index (χ4n) is 6.16. The van der Waals surface area contributed by atoms with Gasteiger partial charge in [-0.25, -0.2) is 0 Å². The molecular formula is C20H26O. The molecule has 21 heavy (non-hydrogen) atoms. The second-order valence-electron chi connectivity index (χ2n) is 8.38. The molecule has 4 bridgehead atoms. The highest BCUT2D eigenvalue weighted by Crippen LogP contribution is 2.61. The van der Waals surface area contributed by atoms with Crippen molar-refractivity contribution in [3.05, 3.63) is 35.4 Å². The highest BCUT2D eigenvalue weighted by molar-refractivity contribution is 5.34. The Balaban J connectivity index is 1.53. The number of hydrogen-bond donors (Lipinski definition) is 1. The maximum Gasteiger partial charge on any atom is 0.0953 e. The van der Waals surface area contributed by atoms with E-state index in [4.69, 9.17) is 0 Å². The molecule has 5 aliphatic rings. The average Bonchev–Trinajstić information content (AvgIpc) is 2.42. The van der Waals surface area contributed by atoms with Crippen molar-refractivity contribution in [2.24, 2.45) is 23.7 Å². The van der Waals surface area contributed by atoms with Gasteiger partial charge >= 0.3 is 0 Å². The molecule has 112 valence electrons. The zero-order chi connectivity index (χ0) is 14.0. The molecule has 1 nitrogen and oxygen atoms in total. The van der Waals surface area contributed by atoms with Gasteiger partial charge in [-0.05, 0) is 85.7 Å². The first-order chi connectivity index (χ1) is 10.2. The largest absolute Gasteiger partial charge is 0.385 e. The summed E-state index contributed by atoms with van der Waals surface area (Å²) in [5.74, 6) is 3.67. The van der Waals surface area contributed by atoms with Crippen LogP contribution in [-0.2, 0) is 5.60 Å². The van der Waals surface area contributed by atoms with Gasteiger partial charge in [0.1, 0.15) is 0 Å². The molecule has 0 amide bonds. The van der Waals surface area contributed by atoms with Crippen LogP contribution < -0.4 is 0 Å². The third-order valence-corrected chi connectivity index (χ3v) is 7.31. The lowest BCUT2D eigenvalue weighted by Crippen LogP contribution is -2.55. The minimum Gasteiger partial charge on any atom is -0.385 e. The Morgan fingerprint density at radius 2 is 1.57 bits per heavy atom. The van der Waals surface area contributed by atoms with Crippen molar-refractivity contribution in [3.8, 4) is 0 Å². The molecular weight excluding hydrogens is 256 g/mol. The number of hydrogen-bond acceptors (Lipinski definition) is 1. The van der Waals surface area contributed by atoms with E-state index in [1.807, 2.05) is 0 Å². The second-order valence-corrected chi connectivity index (χ2v) is 8.38. The van der Waals surface area contributed by atoms with Gasteiger partial charge in [-0.1, -0.05) is 30.7 Å². The van der Waals surface area contributed by atoms with E-state index in [9.17, 15) is 5.11 Å². The van der Waals surface area contributed by atoms with Crippen molar-refractivity contribution >= 4 is 0 Å². The van der Waals surface area contributed by atoms with Crippen molar-refractivity contribution in [2.45, 2.75) is 62.9 Å². The molecule has 0 aliphatic heterocycles. The van der Waals surface area contributed by atoms with E-state index in [-0.39, 0.29) is 0 Å². The Kier molecular flexibility index (Phi) is 2.63. The lowest BCUT2D eigenvalue weighted by molar-refractivity contribution is -0.179. The van der Waals surface area contributed by atoms with Crippen molar-refractivity contribution in [2.75, 3.05) is 0 Å². The molecule has 0 aromatic heterocycles. The normalized spacial score (nSPS) is 44.8. The summed E-state index contributed by atoms with van der Waals surface area (Å²) in [6.45, 7) is 0. The average molecular weight is 282 g/mol. The first-order valence-electron chi connectivity index (χ1n) is 9.06. The molecule has 0 heterocycles. The fraction of sp³-hybridized carbons (Fsp3) is 0.700. The standard InChI is InChI=1S/C20H26O/c21-20(17-6-2-5-16(12-17)15-3-1-4-15)18-8-13-7-14(10-18)11-19(20)9-13/h2,5-6,12-15,18-19,21H,1,3-4,7-11H2. The van der Waals surface area contributed by atoms with Crippen molar-refractivity contribution in [3.63, 3.8) is 0 Å². The van der Waals surface area contributed by atoms with Gasteiger partial charge in [0, 0.05) is 0 Å². The quantitative estimate of drug-likeness (QED) is 0.840. The van der Waals surface area contributed by atoms with Crippen LogP contribution in [0.1, 0.15) is 68.4 Å². The molecule has 0 atom stereocenters. The first-order valence-corrected chi connectivity index (χ1v) is 9.06. The summed E-state index contributed by atoms with van der Waals surface area (Å²) >= 11 is 0. The SMILES string of the molecule is OC1(c2cccc(C3CCC3)c2)C2CC3CC(C2)CC1C3. The Morgan fingerprint density at radius 3 is 2.14 bits per heavy atom. The van der Waals surface area contributed by atoms with Crippen LogP contribution in [0.2, 0.25) is 0 Å². The predicted molar refractivity (Wildman–Crippen MR) is 84.0 cm³/mol. The van der Waals surface area contributed by atoms with E-state index in [0.717, 1.165) is 17.8 Å². The number of benzene rings is 1. The maximum absolute atomic E-state index is 11.7. The van der Waals surface area contributed by atoms with Gasteiger partial charge in [-0.3, -0.25) is 0 Å². The lowest BCUT2D eigenvalue weighted by atomic mass is 9.48. The summed E-state index contributed by atoms with van der Waals surface area (Å²) in [5, 5.41) is 11.7. The van der Waals surface area contributed by atoms with Crippen molar-refractivity contribution < 1.29 is 5.11 Å². The van der Waals surface area contributed by atoms with Crippen LogP contribution >= 0.6 is 0 Å². The van der Waals surface area contributed by atoms with Gasteiger partial charge in [0.15, 0.2) is 0 Å². The molecule has 1 heteroatoms. The van der Waals surface area contributed by atoms with Gasteiger partial charge in [0.05, 0.1) is 5.60 Å². The summed E-state index contributed by atoms with van der Waals surface area (Å²) in [5.41, 5.74) is 2.23. The highest BCUT2D eigenvalue weighted by atomic mass is 16.3. The molecule has 0 radical (unpaired) electrons. The highest BCUT2D eigenvalue weighted by Gasteiger charge is 2.57. The zero-order valence-corrected chi connectivity index (χ0v) is 12.8. The van der Waals surface area contributed by atoms with E-state index in [1.165, 1.54) is 62.5 Å². The molecule has 0 unspecified atom stereocenters. The minimum absolute atomic E-state index is 0.507. The Morgan fingerprint density at radius 1 is 0.905 bits per heavy atom. The first kappa shape index (κ1) is 12.7. The van der Waals surface area contributed by atoms with E-state index >= 15 is 0 Å². The van der Waals surface area contributed by atoms with E-state index in [1.54, 1.807) is 0 Å². The van der Waals surface area contributed by atoms with E-state index in [0.29, 0.717) is 11.8 Å². The van der Waals surface area contributed by atoms with E-state index < -0.39 is 5.60 Å². The van der Waals surface area contributed by atoms with Crippen LogP contribution in [0.4, 0.5) is 0 Å². The molecule has 1 aromatic rings. The summed E-state index contributed by atoms with van der Waals surface area (Å²) in [6.07, 6.45) is 10.6. The fourth-order valence-corrected chi connectivity index (χ4v) is 6.16. The van der Waals surface area contributed by atoms with Crippen LogP contribution in [0.15, 0.2) is 24.3 Å². The number of rotatable bonds is 2. The van der Waals surface area contributed by atoms with Gasteiger partial charge in [-0.2, -0.15) is 0 Å². The molecule has 1 N–H and O–H groups in total. The third kappa shape index (κ3) is 1.73. The zero-order valence-electron chi connectivity index (χ0n) is 12.8. The molecule has 6 rings (SSSR count). The monoisotopic (exact) mass is 282 g/mol. The summed E-state index contributed by atoms with van der Waals surface area (Å²) in [6, 6.07) is 9.06. The van der Waals surface area contributed by atoms with E-state index in [2.05, 4.69) is 24.3 Å². The second kappa shape index (κ2) is 4.35. The maximum atomic E-state index is 11.7. The molecule has 5 saturated carbocycles. The predicted octanol–water partition coefficient (Wildman–Crippen LogP) is 4.60. The molecule has 0 spiro atoms. The summed E-state index contributed by atoms with van der Waals surface area (Å²) < 4.78 is 0. The molecule has 5 fully saturated rings. The van der Waals surface area contributed by atoms with Crippen molar-refractivity contribution in [1.82, 2.24) is 0 Å². The summed E-state index contributed by atoms with van der Waals surface area (Å²) in [4.78, 5) is 0. The molecule has 0 saturated heterocycles. The van der Waals surface area contributed by atoms with Gasteiger partial charge < -0.3 is 5.11 Å². The smallest absolute Gasteiger partial charge is 0.0953 e. The van der Waals surface area contributed by atoms with Crippen LogP contribution in [0.5, 0.6) is 0 Å². The van der Waals surface area contributed by atoms with Crippen LogP contribution in [0, 0.1) is 23.7 Å². The lowest BCUT2D eigenvalue weighted by Gasteiger charge is -2.59. The van der Waals surface area contributed by atoms with Gasteiger partial charge in [0.25, 0.3) is 0 Å². The van der Waals surface area contributed by atoms with Gasteiger partial charge in [-0.15, -0.1) is 0 Å². The number of aliphatic hydroxyl groups is 1. The Labute approximate surface area is 127 Å². The summed E-state index contributed by atoms with van der Waals surface area (Å²) in [7, 11) is 0. The molecule has 1 aromatic carbocycles. The minimum atomic E-state index is -0.507. The van der Waals surface area contributed by atoms with Crippen LogP contribution in [0.3, 0.4) is 0 Å². The topological polar surface area (TPSA) is 20.2 Å². The molecule has 5 aliphatic carbocycles.